The van der Waals surface area contributed by atoms with Crippen LogP contribution in [0, 0.1) is 19.8 Å². The van der Waals surface area contributed by atoms with E-state index in [9.17, 15) is 9.59 Å². The molecule has 0 unspecified atom stereocenters. The van der Waals surface area contributed by atoms with Crippen molar-refractivity contribution in [3.8, 4) is 22.7 Å². The van der Waals surface area contributed by atoms with Gasteiger partial charge in [0.15, 0.2) is 0 Å². The number of amides is 2. The summed E-state index contributed by atoms with van der Waals surface area (Å²) in [5.41, 5.74) is 5.25. The second-order valence-corrected chi connectivity index (χ2v) is 10.4. The van der Waals surface area contributed by atoms with Crippen molar-refractivity contribution >= 4 is 29.4 Å². The third-order valence-corrected chi connectivity index (χ3v) is 7.23. The lowest BCUT2D eigenvalue weighted by molar-refractivity contribution is -0.117. The third-order valence-electron chi connectivity index (χ3n) is 6.98. The van der Waals surface area contributed by atoms with E-state index in [1.807, 2.05) is 54.1 Å². The Balaban J connectivity index is 1.42. The first-order chi connectivity index (χ1) is 18.8. The number of nitrogens with zero attached hydrogens (tertiary/aromatic N) is 3. The lowest BCUT2D eigenvalue weighted by Crippen LogP contribution is -2.39. The summed E-state index contributed by atoms with van der Waals surface area (Å²) in [6, 6.07) is 20.5. The van der Waals surface area contributed by atoms with Gasteiger partial charge >= 0.3 is 0 Å². The molecule has 1 aliphatic rings. The number of halogens is 1. The second-order valence-electron chi connectivity index (χ2n) is 10.0. The van der Waals surface area contributed by atoms with Crippen molar-refractivity contribution in [1.29, 1.82) is 0 Å². The van der Waals surface area contributed by atoms with Gasteiger partial charge in [-0.25, -0.2) is 4.98 Å². The Morgan fingerprint density at radius 1 is 1.05 bits per heavy atom. The number of aryl methyl sites for hydroxylation is 2. The van der Waals surface area contributed by atoms with Gasteiger partial charge in [-0.1, -0.05) is 35.9 Å². The largest absolute Gasteiger partial charge is 0.497 e. The first-order valence-corrected chi connectivity index (χ1v) is 13.3. The van der Waals surface area contributed by atoms with Crippen LogP contribution < -0.4 is 10.1 Å². The standard InChI is InChI=1S/C31H31ClN4O3/c1-20-7-14-26(15-21(20)2)36-18-28(23-10-12-25(32)13-11-23)33-31(36)34-29(37)19-35(17-22-8-9-22)30(38)24-5-4-6-27(16-24)39-3/h4-7,10-16,18,22H,8-9,17,19H2,1-3H3,(H,33,34,37). The average molecular weight is 543 g/mol. The van der Waals surface area contributed by atoms with Crippen LogP contribution in [0.4, 0.5) is 5.95 Å². The van der Waals surface area contributed by atoms with Crippen LogP contribution in [0.25, 0.3) is 16.9 Å². The van der Waals surface area contributed by atoms with Gasteiger partial charge in [-0.3, -0.25) is 19.5 Å². The fourth-order valence-corrected chi connectivity index (χ4v) is 4.53. The Morgan fingerprint density at radius 2 is 1.82 bits per heavy atom. The van der Waals surface area contributed by atoms with Gasteiger partial charge in [-0.2, -0.15) is 0 Å². The van der Waals surface area contributed by atoms with E-state index >= 15 is 0 Å². The fraction of sp³-hybridized carbons (Fsp3) is 0.258. The zero-order valence-electron chi connectivity index (χ0n) is 22.3. The number of benzene rings is 3. The van der Waals surface area contributed by atoms with Gasteiger partial charge in [0, 0.05) is 34.6 Å². The van der Waals surface area contributed by atoms with Crippen LogP contribution in [-0.4, -0.2) is 46.5 Å². The summed E-state index contributed by atoms with van der Waals surface area (Å²) < 4.78 is 7.15. The molecule has 3 aromatic carbocycles. The Bertz CT molecular complexity index is 1510. The fourth-order valence-electron chi connectivity index (χ4n) is 4.41. The number of aromatic nitrogens is 2. The Labute approximate surface area is 233 Å². The van der Waals surface area contributed by atoms with E-state index in [0.717, 1.165) is 29.7 Å². The van der Waals surface area contributed by atoms with E-state index < -0.39 is 0 Å². The minimum atomic E-state index is -0.315. The van der Waals surface area contributed by atoms with Crippen molar-refractivity contribution in [2.45, 2.75) is 26.7 Å². The highest BCUT2D eigenvalue weighted by atomic mass is 35.5. The summed E-state index contributed by atoms with van der Waals surface area (Å²) in [5.74, 6) is 0.886. The van der Waals surface area contributed by atoms with E-state index in [-0.39, 0.29) is 18.4 Å². The lowest BCUT2D eigenvalue weighted by Gasteiger charge is -2.22. The SMILES string of the molecule is COc1cccc(C(=O)N(CC(=O)Nc2nc(-c3ccc(Cl)cc3)cn2-c2ccc(C)c(C)c2)CC2CC2)c1. The minimum Gasteiger partial charge on any atom is -0.497 e. The zero-order chi connectivity index (χ0) is 27.5. The van der Waals surface area contributed by atoms with Crippen LogP contribution in [-0.2, 0) is 4.79 Å². The first kappa shape index (κ1) is 26.5. The van der Waals surface area contributed by atoms with Crippen LogP contribution in [0.15, 0.2) is 72.9 Å². The van der Waals surface area contributed by atoms with Crippen LogP contribution in [0.1, 0.15) is 34.3 Å². The summed E-state index contributed by atoms with van der Waals surface area (Å²) in [5, 5.41) is 3.60. The molecule has 1 fully saturated rings. The molecule has 39 heavy (non-hydrogen) atoms. The van der Waals surface area contributed by atoms with E-state index in [1.165, 1.54) is 5.56 Å². The quantitative estimate of drug-likeness (QED) is 0.269. The molecule has 0 saturated heterocycles. The van der Waals surface area contributed by atoms with Crippen LogP contribution in [0.3, 0.4) is 0 Å². The van der Waals surface area contributed by atoms with Gasteiger partial charge in [0.1, 0.15) is 12.3 Å². The molecule has 0 bridgehead atoms. The summed E-state index contributed by atoms with van der Waals surface area (Å²) in [4.78, 5) is 33.1. The molecule has 7 nitrogen and oxygen atoms in total. The van der Waals surface area contributed by atoms with E-state index in [4.69, 9.17) is 21.3 Å². The third kappa shape index (κ3) is 6.32. The van der Waals surface area contributed by atoms with Crippen molar-refractivity contribution in [2.75, 3.05) is 25.5 Å². The number of imidazole rings is 1. The summed E-state index contributed by atoms with van der Waals surface area (Å²) in [6.45, 7) is 4.56. The van der Waals surface area contributed by atoms with Gasteiger partial charge < -0.3 is 9.64 Å². The molecular formula is C31H31ClN4O3. The molecular weight excluding hydrogens is 512 g/mol. The number of rotatable bonds is 9. The molecule has 1 aromatic heterocycles. The highest BCUT2D eigenvalue weighted by molar-refractivity contribution is 6.30. The molecule has 0 aliphatic heterocycles. The molecule has 1 saturated carbocycles. The van der Waals surface area contributed by atoms with Crippen molar-refractivity contribution in [2.24, 2.45) is 5.92 Å². The monoisotopic (exact) mass is 542 g/mol. The predicted octanol–water partition coefficient (Wildman–Crippen LogP) is 6.31. The molecule has 1 N–H and O–H groups in total. The topological polar surface area (TPSA) is 76.5 Å². The predicted molar refractivity (Wildman–Crippen MR) is 154 cm³/mol. The summed E-state index contributed by atoms with van der Waals surface area (Å²) in [7, 11) is 1.56. The number of ether oxygens (including phenoxy) is 1. The zero-order valence-corrected chi connectivity index (χ0v) is 23.0. The van der Waals surface area contributed by atoms with Gasteiger partial charge in [0.2, 0.25) is 11.9 Å². The molecule has 4 aromatic rings. The first-order valence-electron chi connectivity index (χ1n) is 13.0. The van der Waals surface area contributed by atoms with Crippen molar-refractivity contribution < 1.29 is 14.3 Å². The Kier molecular flexibility index (Phi) is 7.70. The van der Waals surface area contributed by atoms with Crippen LogP contribution >= 0.6 is 11.6 Å². The number of nitrogens with one attached hydrogen (secondary N) is 1. The highest BCUT2D eigenvalue weighted by Gasteiger charge is 2.29. The lowest BCUT2D eigenvalue weighted by atomic mass is 10.1. The number of hydrogen-bond donors (Lipinski definition) is 1. The van der Waals surface area contributed by atoms with Gasteiger partial charge in [-0.05, 0) is 86.2 Å². The van der Waals surface area contributed by atoms with E-state index in [2.05, 4.69) is 18.3 Å². The molecule has 1 heterocycles. The molecule has 0 atom stereocenters. The Morgan fingerprint density at radius 3 is 2.51 bits per heavy atom. The van der Waals surface area contributed by atoms with Gasteiger partial charge in [0.05, 0.1) is 12.8 Å². The summed E-state index contributed by atoms with van der Waals surface area (Å²) in [6.07, 6.45) is 4.02. The van der Waals surface area contributed by atoms with Crippen molar-refractivity contribution in [3.63, 3.8) is 0 Å². The maximum atomic E-state index is 13.4. The molecule has 5 rings (SSSR count). The highest BCUT2D eigenvalue weighted by Crippen LogP contribution is 2.31. The van der Waals surface area contributed by atoms with E-state index in [0.29, 0.717) is 40.4 Å². The minimum absolute atomic E-state index is 0.0807. The Hall–Kier alpha value is -4.10. The normalized spacial score (nSPS) is 12.7. The van der Waals surface area contributed by atoms with Gasteiger partial charge in [0.25, 0.3) is 5.91 Å². The average Bonchev–Trinajstić information content (AvgIpc) is 3.67. The second kappa shape index (κ2) is 11.3. The maximum Gasteiger partial charge on any atom is 0.254 e. The van der Waals surface area contributed by atoms with E-state index in [1.54, 1.807) is 36.3 Å². The van der Waals surface area contributed by atoms with Crippen LogP contribution in [0.5, 0.6) is 5.75 Å². The summed E-state index contributed by atoms with van der Waals surface area (Å²) >= 11 is 6.09. The smallest absolute Gasteiger partial charge is 0.254 e. The number of anilines is 1. The number of carbonyl (C=O) groups is 2. The van der Waals surface area contributed by atoms with Gasteiger partial charge in [-0.15, -0.1) is 0 Å². The number of methoxy groups -OCH3 is 1. The van der Waals surface area contributed by atoms with Crippen molar-refractivity contribution in [3.05, 3.63) is 94.6 Å². The van der Waals surface area contributed by atoms with Crippen LogP contribution in [0.2, 0.25) is 5.02 Å². The van der Waals surface area contributed by atoms with Crippen molar-refractivity contribution in [1.82, 2.24) is 14.5 Å². The molecule has 1 aliphatic carbocycles. The molecule has 200 valence electrons. The molecule has 0 spiro atoms. The molecule has 0 radical (unpaired) electrons. The number of hydrogen-bond acceptors (Lipinski definition) is 4. The molecule has 8 heteroatoms. The number of carbonyl (C=O) groups excluding carboxylic acids is 2. The maximum absolute atomic E-state index is 13.4. The molecule has 2 amide bonds.